The van der Waals surface area contributed by atoms with Crippen LogP contribution in [0.3, 0.4) is 0 Å². The molecule has 162 valence electrons. The van der Waals surface area contributed by atoms with Crippen molar-refractivity contribution in [2.24, 2.45) is 5.92 Å². The van der Waals surface area contributed by atoms with Gasteiger partial charge in [-0.1, -0.05) is 45.2 Å². The lowest BCUT2D eigenvalue weighted by molar-refractivity contribution is -0.151. The Morgan fingerprint density at radius 2 is 2.00 bits per heavy atom. The number of carbonyl (C=O) groups is 4. The molecule has 10 heteroatoms. The van der Waals surface area contributed by atoms with Crippen LogP contribution in [0.4, 0.5) is 5.69 Å². The molecule has 1 aliphatic heterocycles. The van der Waals surface area contributed by atoms with E-state index >= 15 is 0 Å². The highest BCUT2D eigenvalue weighted by molar-refractivity contribution is 9.10. The van der Waals surface area contributed by atoms with Crippen molar-refractivity contribution in [3.8, 4) is 0 Å². The summed E-state index contributed by atoms with van der Waals surface area (Å²) in [5.41, 5.74) is 4.20. The molecule has 3 amide bonds. The SMILES string of the molecule is Cc1cccc(C(=O)NN2C[C@H](C(=O)OCC(=O)Nc3ccc(Br)cc3Cl)CC2=O)c1. The number of nitrogens with one attached hydrogen (secondary N) is 2. The first-order chi connectivity index (χ1) is 14.7. The molecule has 0 radical (unpaired) electrons. The van der Waals surface area contributed by atoms with Gasteiger partial charge in [-0.3, -0.25) is 29.6 Å². The van der Waals surface area contributed by atoms with Crippen LogP contribution in [-0.4, -0.2) is 41.9 Å². The van der Waals surface area contributed by atoms with E-state index in [9.17, 15) is 19.2 Å². The van der Waals surface area contributed by atoms with Crippen LogP contribution in [-0.2, 0) is 19.1 Å². The second kappa shape index (κ2) is 9.93. The van der Waals surface area contributed by atoms with E-state index in [-0.39, 0.29) is 13.0 Å². The standard InChI is InChI=1S/C21H19BrClN3O5/c1-12-3-2-4-13(7-12)20(29)25-26-10-14(8-19(26)28)21(30)31-11-18(27)24-17-6-5-15(22)9-16(17)23/h2-7,9,14H,8,10-11H2,1H3,(H,24,27)(H,25,29)/t14-/m1/s1. The maximum absolute atomic E-state index is 12.3. The largest absolute Gasteiger partial charge is 0.455 e. The first-order valence-corrected chi connectivity index (χ1v) is 10.5. The average molecular weight is 509 g/mol. The zero-order valence-corrected chi connectivity index (χ0v) is 18.8. The molecule has 8 nitrogen and oxygen atoms in total. The van der Waals surface area contributed by atoms with Crippen molar-refractivity contribution in [3.05, 3.63) is 63.1 Å². The fourth-order valence-corrected chi connectivity index (χ4v) is 3.70. The number of nitrogens with zero attached hydrogens (tertiary/aromatic N) is 1. The highest BCUT2D eigenvalue weighted by atomic mass is 79.9. The molecule has 0 spiro atoms. The number of anilines is 1. The molecule has 2 aromatic carbocycles. The van der Waals surface area contributed by atoms with Gasteiger partial charge in [0.25, 0.3) is 11.8 Å². The van der Waals surface area contributed by atoms with Crippen LogP contribution >= 0.6 is 27.5 Å². The fraction of sp³-hybridized carbons (Fsp3) is 0.238. The van der Waals surface area contributed by atoms with Gasteiger partial charge in [0.05, 0.1) is 23.2 Å². The third-order valence-electron chi connectivity index (χ3n) is 4.53. The molecular weight excluding hydrogens is 490 g/mol. The van der Waals surface area contributed by atoms with Crippen molar-refractivity contribution < 1.29 is 23.9 Å². The van der Waals surface area contributed by atoms with Crippen LogP contribution < -0.4 is 10.7 Å². The highest BCUT2D eigenvalue weighted by Gasteiger charge is 2.36. The van der Waals surface area contributed by atoms with Crippen LogP contribution in [0.1, 0.15) is 22.3 Å². The van der Waals surface area contributed by atoms with E-state index in [1.54, 1.807) is 36.4 Å². The number of benzene rings is 2. The smallest absolute Gasteiger partial charge is 0.311 e. The monoisotopic (exact) mass is 507 g/mol. The number of halogens is 2. The van der Waals surface area contributed by atoms with Crippen molar-refractivity contribution in [2.75, 3.05) is 18.5 Å². The fourth-order valence-electron chi connectivity index (χ4n) is 2.98. The summed E-state index contributed by atoms with van der Waals surface area (Å²) in [5, 5.41) is 3.97. The maximum Gasteiger partial charge on any atom is 0.311 e. The van der Waals surface area contributed by atoms with Gasteiger partial charge >= 0.3 is 5.97 Å². The van der Waals surface area contributed by atoms with E-state index in [2.05, 4.69) is 26.7 Å². The van der Waals surface area contributed by atoms with E-state index in [4.69, 9.17) is 16.3 Å². The Morgan fingerprint density at radius 1 is 1.23 bits per heavy atom. The van der Waals surface area contributed by atoms with Gasteiger partial charge in [0.15, 0.2) is 6.61 Å². The summed E-state index contributed by atoms with van der Waals surface area (Å²) in [4.78, 5) is 48.8. The van der Waals surface area contributed by atoms with Crippen LogP contribution in [0.5, 0.6) is 0 Å². The molecule has 0 bridgehead atoms. The number of ether oxygens (including phenoxy) is 1. The van der Waals surface area contributed by atoms with Crippen molar-refractivity contribution in [2.45, 2.75) is 13.3 Å². The highest BCUT2D eigenvalue weighted by Crippen LogP contribution is 2.25. The number of amides is 3. The summed E-state index contributed by atoms with van der Waals surface area (Å²) < 4.78 is 5.79. The molecule has 1 saturated heterocycles. The molecule has 0 aromatic heterocycles. The number of rotatable bonds is 6. The van der Waals surface area contributed by atoms with Crippen molar-refractivity contribution in [1.82, 2.24) is 10.4 Å². The Labute approximate surface area is 192 Å². The first kappa shape index (κ1) is 22.8. The Morgan fingerprint density at radius 3 is 2.71 bits per heavy atom. The lowest BCUT2D eigenvalue weighted by Gasteiger charge is -2.17. The quantitative estimate of drug-likeness (QED) is 0.584. The number of hydrogen-bond donors (Lipinski definition) is 2. The van der Waals surface area contributed by atoms with E-state index < -0.39 is 36.2 Å². The Kier molecular flexibility index (Phi) is 7.29. The Bertz CT molecular complexity index is 1050. The minimum absolute atomic E-state index is 0.0324. The second-order valence-corrected chi connectivity index (χ2v) is 8.32. The summed E-state index contributed by atoms with van der Waals surface area (Å²) in [6.07, 6.45) is -0.118. The van der Waals surface area contributed by atoms with Gasteiger partial charge in [0, 0.05) is 16.5 Å². The lowest BCUT2D eigenvalue weighted by atomic mass is 10.1. The number of hydrogen-bond acceptors (Lipinski definition) is 5. The van der Waals surface area contributed by atoms with E-state index in [1.165, 1.54) is 0 Å². The van der Waals surface area contributed by atoms with Gasteiger partial charge in [-0.25, -0.2) is 0 Å². The zero-order valence-electron chi connectivity index (χ0n) is 16.5. The molecule has 2 N–H and O–H groups in total. The van der Waals surface area contributed by atoms with Crippen molar-refractivity contribution in [1.29, 1.82) is 0 Å². The molecule has 0 saturated carbocycles. The van der Waals surface area contributed by atoms with Gasteiger partial charge in [-0.15, -0.1) is 0 Å². The van der Waals surface area contributed by atoms with Crippen LogP contribution in [0.15, 0.2) is 46.9 Å². The summed E-state index contributed by atoms with van der Waals surface area (Å²) >= 11 is 9.30. The zero-order chi connectivity index (χ0) is 22.5. The number of hydrazine groups is 1. The van der Waals surface area contributed by atoms with Gasteiger partial charge < -0.3 is 10.1 Å². The Balaban J connectivity index is 1.49. The number of esters is 1. The summed E-state index contributed by atoms with van der Waals surface area (Å²) in [5.74, 6) is -2.90. The molecule has 1 atom stereocenters. The topological polar surface area (TPSA) is 105 Å². The van der Waals surface area contributed by atoms with Gasteiger partial charge in [-0.2, -0.15) is 0 Å². The third kappa shape index (κ3) is 6.05. The van der Waals surface area contributed by atoms with Crippen LogP contribution in [0.2, 0.25) is 5.02 Å². The predicted molar refractivity (Wildman–Crippen MR) is 117 cm³/mol. The first-order valence-electron chi connectivity index (χ1n) is 9.32. The molecule has 0 unspecified atom stereocenters. The molecule has 0 aliphatic carbocycles. The van der Waals surface area contributed by atoms with Crippen LogP contribution in [0.25, 0.3) is 0 Å². The molecular formula is C21H19BrClN3O5. The van der Waals surface area contributed by atoms with Gasteiger partial charge in [0.1, 0.15) is 0 Å². The summed E-state index contributed by atoms with van der Waals surface area (Å²) in [7, 11) is 0. The molecule has 2 aromatic rings. The van der Waals surface area contributed by atoms with Crippen molar-refractivity contribution in [3.63, 3.8) is 0 Å². The van der Waals surface area contributed by atoms with E-state index in [0.29, 0.717) is 16.3 Å². The van der Waals surface area contributed by atoms with E-state index in [0.717, 1.165) is 15.0 Å². The second-order valence-electron chi connectivity index (χ2n) is 7.00. The molecule has 1 heterocycles. The third-order valence-corrected chi connectivity index (χ3v) is 5.33. The molecule has 3 rings (SSSR count). The number of aryl methyl sites for hydroxylation is 1. The minimum atomic E-state index is -0.783. The van der Waals surface area contributed by atoms with E-state index in [1.807, 2.05) is 13.0 Å². The normalized spacial score (nSPS) is 15.5. The minimum Gasteiger partial charge on any atom is -0.455 e. The lowest BCUT2D eigenvalue weighted by Crippen LogP contribution is -2.43. The molecule has 1 fully saturated rings. The van der Waals surface area contributed by atoms with Gasteiger partial charge in [0.2, 0.25) is 5.91 Å². The Hall–Kier alpha value is -2.91. The molecule has 1 aliphatic rings. The average Bonchev–Trinajstić information content (AvgIpc) is 3.08. The summed E-state index contributed by atoms with van der Waals surface area (Å²) in [6.45, 7) is 1.30. The van der Waals surface area contributed by atoms with Crippen LogP contribution in [0, 0.1) is 12.8 Å². The number of carbonyl (C=O) groups excluding carboxylic acids is 4. The maximum atomic E-state index is 12.3. The molecule has 31 heavy (non-hydrogen) atoms. The summed E-state index contributed by atoms with van der Waals surface area (Å²) in [6, 6.07) is 11.8. The van der Waals surface area contributed by atoms with Gasteiger partial charge in [-0.05, 0) is 37.3 Å². The predicted octanol–water partition coefficient (Wildman–Crippen LogP) is 3.09. The van der Waals surface area contributed by atoms with Crippen molar-refractivity contribution >= 4 is 56.9 Å².